The third-order valence-electron chi connectivity index (χ3n) is 4.66. The first-order chi connectivity index (χ1) is 12.4. The van der Waals surface area contributed by atoms with E-state index in [1.807, 2.05) is 13.0 Å². The number of carbonyl (C=O) groups is 1. The molecular formula is C18H18N2O5S. The summed E-state index contributed by atoms with van der Waals surface area (Å²) in [5, 5.41) is 0. The van der Waals surface area contributed by atoms with Crippen molar-refractivity contribution in [2.45, 2.75) is 31.0 Å². The number of sulfonamides is 1. The molecule has 3 heterocycles. The minimum Gasteiger partial charge on any atom is -0.487 e. The maximum absolute atomic E-state index is 12.9. The van der Waals surface area contributed by atoms with Gasteiger partial charge in [0.15, 0.2) is 0 Å². The number of aromatic nitrogens is 1. The fourth-order valence-corrected chi connectivity index (χ4v) is 4.70. The number of benzene rings is 1. The van der Waals surface area contributed by atoms with Gasteiger partial charge in [-0.2, -0.15) is 4.31 Å². The number of cyclic esters (lactones) is 1. The summed E-state index contributed by atoms with van der Waals surface area (Å²) >= 11 is 0. The Labute approximate surface area is 151 Å². The van der Waals surface area contributed by atoms with E-state index in [1.165, 1.54) is 16.4 Å². The molecule has 1 saturated heterocycles. The quantitative estimate of drug-likeness (QED) is 0.760. The number of pyridine rings is 1. The Morgan fingerprint density at radius 3 is 2.96 bits per heavy atom. The topological polar surface area (TPSA) is 85.8 Å². The SMILES string of the molecule is Cc1ncccc1OC1CCN(S(=O)(=O)c2ccc3c(c2)C(=O)OC3)C1. The zero-order valence-electron chi connectivity index (χ0n) is 14.2. The minimum atomic E-state index is -3.69. The van der Waals surface area contributed by atoms with Crippen molar-refractivity contribution in [3.05, 3.63) is 53.3 Å². The van der Waals surface area contributed by atoms with Crippen molar-refractivity contribution in [1.29, 1.82) is 0 Å². The van der Waals surface area contributed by atoms with Crippen molar-refractivity contribution < 1.29 is 22.7 Å². The van der Waals surface area contributed by atoms with E-state index >= 15 is 0 Å². The summed E-state index contributed by atoms with van der Waals surface area (Å²) in [6, 6.07) is 8.17. The molecule has 0 spiro atoms. The van der Waals surface area contributed by atoms with Crippen LogP contribution in [0.3, 0.4) is 0 Å². The second-order valence-electron chi connectivity index (χ2n) is 6.37. The monoisotopic (exact) mass is 374 g/mol. The third-order valence-corrected chi connectivity index (χ3v) is 6.52. The van der Waals surface area contributed by atoms with Gasteiger partial charge in [0.2, 0.25) is 10.0 Å². The number of nitrogens with zero attached hydrogens (tertiary/aromatic N) is 2. The lowest BCUT2D eigenvalue weighted by molar-refractivity contribution is 0.0535. The van der Waals surface area contributed by atoms with Gasteiger partial charge in [0.05, 0.1) is 22.7 Å². The molecule has 26 heavy (non-hydrogen) atoms. The first-order valence-electron chi connectivity index (χ1n) is 8.33. The molecule has 1 aromatic carbocycles. The molecule has 4 rings (SSSR count). The molecule has 7 nitrogen and oxygen atoms in total. The molecule has 1 atom stereocenters. The van der Waals surface area contributed by atoms with Crippen LogP contribution in [0.4, 0.5) is 0 Å². The molecule has 0 radical (unpaired) electrons. The number of fused-ring (bicyclic) bond motifs is 1. The van der Waals surface area contributed by atoms with Gasteiger partial charge in [-0.25, -0.2) is 13.2 Å². The summed E-state index contributed by atoms with van der Waals surface area (Å²) in [4.78, 5) is 16.0. The van der Waals surface area contributed by atoms with Crippen LogP contribution in [0.15, 0.2) is 41.4 Å². The lowest BCUT2D eigenvalue weighted by Crippen LogP contribution is -2.31. The molecule has 1 fully saturated rings. The summed E-state index contributed by atoms with van der Waals surface area (Å²) in [5.74, 6) is 0.184. The molecule has 136 valence electrons. The first kappa shape index (κ1) is 17.0. The zero-order valence-corrected chi connectivity index (χ0v) is 15.0. The van der Waals surface area contributed by atoms with Crippen LogP contribution in [0.2, 0.25) is 0 Å². The van der Waals surface area contributed by atoms with Crippen molar-refractivity contribution in [3.8, 4) is 5.75 Å². The highest BCUT2D eigenvalue weighted by atomic mass is 32.2. The largest absolute Gasteiger partial charge is 0.487 e. The van der Waals surface area contributed by atoms with Crippen LogP contribution >= 0.6 is 0 Å². The third kappa shape index (κ3) is 2.95. The molecule has 1 unspecified atom stereocenters. The van der Waals surface area contributed by atoms with Gasteiger partial charge in [0.25, 0.3) is 0 Å². The summed E-state index contributed by atoms with van der Waals surface area (Å²) < 4.78 is 38.1. The molecule has 0 saturated carbocycles. The predicted octanol–water partition coefficient (Wildman–Crippen LogP) is 1.90. The molecule has 2 aliphatic rings. The van der Waals surface area contributed by atoms with E-state index in [-0.39, 0.29) is 24.2 Å². The number of hydrogen-bond acceptors (Lipinski definition) is 6. The molecule has 0 aliphatic carbocycles. The van der Waals surface area contributed by atoms with Crippen LogP contribution in [-0.2, 0) is 21.4 Å². The number of hydrogen-bond donors (Lipinski definition) is 0. The number of esters is 1. The van der Waals surface area contributed by atoms with E-state index in [2.05, 4.69) is 4.98 Å². The van der Waals surface area contributed by atoms with E-state index in [1.54, 1.807) is 18.3 Å². The number of carbonyl (C=O) groups excluding carboxylic acids is 1. The smallest absolute Gasteiger partial charge is 0.338 e. The van der Waals surface area contributed by atoms with Crippen molar-refractivity contribution in [2.24, 2.45) is 0 Å². The molecular weight excluding hydrogens is 356 g/mol. The van der Waals surface area contributed by atoms with Crippen molar-refractivity contribution >= 4 is 16.0 Å². The summed E-state index contributed by atoms with van der Waals surface area (Å²) in [5.41, 5.74) is 1.80. The Bertz CT molecular complexity index is 973. The van der Waals surface area contributed by atoms with Gasteiger partial charge < -0.3 is 9.47 Å². The van der Waals surface area contributed by atoms with Crippen LogP contribution in [0.5, 0.6) is 5.75 Å². The molecule has 1 aromatic heterocycles. The minimum absolute atomic E-state index is 0.105. The fourth-order valence-electron chi connectivity index (χ4n) is 3.19. The molecule has 2 aromatic rings. The molecule has 0 N–H and O–H groups in total. The predicted molar refractivity (Wildman–Crippen MR) is 92.3 cm³/mol. The zero-order chi connectivity index (χ0) is 18.3. The van der Waals surface area contributed by atoms with Crippen molar-refractivity contribution in [1.82, 2.24) is 9.29 Å². The first-order valence-corrected chi connectivity index (χ1v) is 9.77. The van der Waals surface area contributed by atoms with E-state index in [9.17, 15) is 13.2 Å². The van der Waals surface area contributed by atoms with Crippen molar-refractivity contribution in [2.75, 3.05) is 13.1 Å². The van der Waals surface area contributed by atoms with Gasteiger partial charge in [0, 0.05) is 18.3 Å². The van der Waals surface area contributed by atoms with Crippen LogP contribution in [0.25, 0.3) is 0 Å². The number of rotatable bonds is 4. The van der Waals surface area contributed by atoms with Gasteiger partial charge in [0.1, 0.15) is 18.5 Å². The summed E-state index contributed by atoms with van der Waals surface area (Å²) in [6.45, 7) is 2.67. The maximum Gasteiger partial charge on any atom is 0.338 e. The number of ether oxygens (including phenoxy) is 2. The summed E-state index contributed by atoms with van der Waals surface area (Å²) in [6.07, 6.45) is 2.06. The molecule has 2 aliphatic heterocycles. The highest BCUT2D eigenvalue weighted by Crippen LogP contribution is 2.28. The Hall–Kier alpha value is -2.45. The highest BCUT2D eigenvalue weighted by molar-refractivity contribution is 7.89. The average Bonchev–Trinajstić information content (AvgIpc) is 3.24. The maximum atomic E-state index is 12.9. The fraction of sp³-hybridized carbons (Fsp3) is 0.333. The van der Waals surface area contributed by atoms with Crippen LogP contribution < -0.4 is 4.74 Å². The van der Waals surface area contributed by atoms with Gasteiger partial charge in [-0.05, 0) is 37.6 Å². The second kappa shape index (κ2) is 6.37. The van der Waals surface area contributed by atoms with E-state index in [0.717, 1.165) is 5.69 Å². The normalized spacial score (nSPS) is 20.0. The second-order valence-corrected chi connectivity index (χ2v) is 8.31. The van der Waals surface area contributed by atoms with Crippen molar-refractivity contribution in [3.63, 3.8) is 0 Å². The Morgan fingerprint density at radius 2 is 2.15 bits per heavy atom. The van der Waals surface area contributed by atoms with E-state index in [0.29, 0.717) is 29.8 Å². The van der Waals surface area contributed by atoms with Gasteiger partial charge >= 0.3 is 5.97 Å². The lowest BCUT2D eigenvalue weighted by Gasteiger charge is -2.18. The standard InChI is InChI=1S/C18H18N2O5S/c1-12-17(3-2-7-19-12)25-14-6-8-20(10-14)26(22,23)15-5-4-13-11-24-18(21)16(13)9-15/h2-5,7,9,14H,6,8,10-11H2,1H3. The summed E-state index contributed by atoms with van der Waals surface area (Å²) in [7, 11) is -3.69. The average molecular weight is 374 g/mol. The Morgan fingerprint density at radius 1 is 1.31 bits per heavy atom. The van der Waals surface area contributed by atoms with E-state index in [4.69, 9.17) is 9.47 Å². The van der Waals surface area contributed by atoms with Gasteiger partial charge in [-0.3, -0.25) is 4.98 Å². The molecule has 0 bridgehead atoms. The van der Waals surface area contributed by atoms with Crippen LogP contribution in [0, 0.1) is 6.92 Å². The molecule has 8 heteroatoms. The lowest BCUT2D eigenvalue weighted by atomic mass is 10.1. The van der Waals surface area contributed by atoms with Crippen LogP contribution in [-0.4, -0.2) is 42.9 Å². The van der Waals surface area contributed by atoms with Gasteiger partial charge in [-0.15, -0.1) is 0 Å². The van der Waals surface area contributed by atoms with Crippen LogP contribution in [0.1, 0.15) is 28.0 Å². The van der Waals surface area contributed by atoms with E-state index < -0.39 is 16.0 Å². The Kier molecular flexibility index (Phi) is 4.16. The van der Waals surface area contributed by atoms with Gasteiger partial charge in [-0.1, -0.05) is 6.07 Å². The molecule has 0 amide bonds. The number of aryl methyl sites for hydroxylation is 1. The highest BCUT2D eigenvalue weighted by Gasteiger charge is 2.35. The Balaban J connectivity index is 1.52.